The molecule has 0 heterocycles. The summed E-state index contributed by atoms with van der Waals surface area (Å²) in [7, 11) is 1.98. The molecule has 0 aliphatic heterocycles. The lowest BCUT2D eigenvalue weighted by molar-refractivity contribution is 0.380. The average Bonchev–Trinajstić information content (AvgIpc) is 2.15. The maximum absolute atomic E-state index is 3.22. The molecule has 0 aliphatic rings. The second kappa shape index (κ2) is 6.28. The van der Waals surface area contributed by atoms with E-state index >= 15 is 0 Å². The van der Waals surface area contributed by atoms with Gasteiger partial charge in [0.15, 0.2) is 0 Å². The van der Waals surface area contributed by atoms with E-state index in [2.05, 4.69) is 66.1 Å². The molecule has 0 bridgehead atoms. The molecule has 17 heavy (non-hydrogen) atoms. The molecule has 0 spiro atoms. The van der Waals surface area contributed by atoms with E-state index in [4.69, 9.17) is 0 Å². The number of rotatable bonds is 5. The van der Waals surface area contributed by atoms with E-state index in [-0.39, 0.29) is 10.8 Å². The number of hydrogen-bond acceptors (Lipinski definition) is 1. The standard InChI is InChI=1S/C16H31N/c1-9-11-16(6,7)14(12-17-8)13(10-2)15(3,4)5/h10,12,17H,9,11H2,1-8H3/b13-10+,14-12+. The predicted octanol–water partition coefficient (Wildman–Crippen LogP) is 4.91. The quantitative estimate of drug-likeness (QED) is 0.670. The summed E-state index contributed by atoms with van der Waals surface area (Å²) >= 11 is 0. The van der Waals surface area contributed by atoms with Crippen molar-refractivity contribution in [3.63, 3.8) is 0 Å². The Morgan fingerprint density at radius 3 is 1.88 bits per heavy atom. The van der Waals surface area contributed by atoms with Gasteiger partial charge >= 0.3 is 0 Å². The van der Waals surface area contributed by atoms with Crippen LogP contribution in [0.2, 0.25) is 0 Å². The first kappa shape index (κ1) is 16.3. The van der Waals surface area contributed by atoms with Gasteiger partial charge in [-0.1, -0.05) is 54.0 Å². The van der Waals surface area contributed by atoms with Crippen molar-refractivity contribution in [2.45, 2.75) is 61.3 Å². The van der Waals surface area contributed by atoms with Gasteiger partial charge in [-0.15, -0.1) is 0 Å². The van der Waals surface area contributed by atoms with Crippen molar-refractivity contribution in [1.29, 1.82) is 0 Å². The van der Waals surface area contributed by atoms with Gasteiger partial charge in [0.25, 0.3) is 0 Å². The van der Waals surface area contributed by atoms with Gasteiger partial charge in [0.1, 0.15) is 0 Å². The van der Waals surface area contributed by atoms with Crippen molar-refractivity contribution in [1.82, 2.24) is 5.32 Å². The first-order valence-corrected chi connectivity index (χ1v) is 6.75. The van der Waals surface area contributed by atoms with Crippen molar-refractivity contribution in [3.8, 4) is 0 Å². The van der Waals surface area contributed by atoms with E-state index in [0.717, 1.165) is 0 Å². The largest absolute Gasteiger partial charge is 0.394 e. The first-order chi connectivity index (χ1) is 7.70. The molecule has 0 atom stereocenters. The minimum absolute atomic E-state index is 0.197. The second-order valence-electron chi connectivity index (χ2n) is 6.43. The SMILES string of the molecule is C/C=C(\C(=C/NC)C(C)(C)CCC)C(C)(C)C. The van der Waals surface area contributed by atoms with Crippen molar-refractivity contribution < 1.29 is 0 Å². The Kier molecular flexibility index (Phi) is 6.01. The number of allylic oxidation sites excluding steroid dienone is 3. The fourth-order valence-electron chi connectivity index (χ4n) is 2.53. The Morgan fingerprint density at radius 1 is 1.06 bits per heavy atom. The highest BCUT2D eigenvalue weighted by Crippen LogP contribution is 2.42. The highest BCUT2D eigenvalue weighted by Gasteiger charge is 2.30. The molecule has 0 saturated heterocycles. The molecule has 0 unspecified atom stereocenters. The summed E-state index contributed by atoms with van der Waals surface area (Å²) in [6, 6.07) is 0. The van der Waals surface area contributed by atoms with Crippen LogP contribution < -0.4 is 5.32 Å². The van der Waals surface area contributed by atoms with Gasteiger partial charge in [-0.25, -0.2) is 0 Å². The van der Waals surface area contributed by atoms with Crippen molar-refractivity contribution in [2.75, 3.05) is 7.05 Å². The molecule has 100 valence electrons. The van der Waals surface area contributed by atoms with E-state index in [1.165, 1.54) is 24.0 Å². The van der Waals surface area contributed by atoms with Gasteiger partial charge in [0.05, 0.1) is 0 Å². The zero-order valence-electron chi connectivity index (χ0n) is 13.1. The Balaban J connectivity index is 5.47. The van der Waals surface area contributed by atoms with Crippen molar-refractivity contribution >= 4 is 0 Å². The van der Waals surface area contributed by atoms with Gasteiger partial charge < -0.3 is 5.32 Å². The lowest BCUT2D eigenvalue weighted by atomic mass is 9.70. The molecule has 0 saturated carbocycles. The highest BCUT2D eigenvalue weighted by molar-refractivity contribution is 5.38. The average molecular weight is 237 g/mol. The van der Waals surface area contributed by atoms with Crippen LogP contribution in [0.4, 0.5) is 0 Å². The molecular formula is C16H31N. The molecule has 0 aromatic carbocycles. The summed E-state index contributed by atoms with van der Waals surface area (Å²) in [5.74, 6) is 0. The number of hydrogen-bond donors (Lipinski definition) is 1. The third kappa shape index (κ3) is 4.57. The molecular weight excluding hydrogens is 206 g/mol. The molecule has 0 radical (unpaired) electrons. The van der Waals surface area contributed by atoms with Crippen LogP contribution in [-0.4, -0.2) is 7.05 Å². The second-order valence-corrected chi connectivity index (χ2v) is 6.43. The third-order valence-electron chi connectivity index (χ3n) is 3.28. The lowest BCUT2D eigenvalue weighted by Gasteiger charge is -2.35. The van der Waals surface area contributed by atoms with Gasteiger partial charge in [-0.2, -0.15) is 0 Å². The summed E-state index contributed by atoms with van der Waals surface area (Å²) in [6.45, 7) is 15.9. The zero-order chi connectivity index (χ0) is 13.7. The Bertz CT molecular complexity index is 287. The van der Waals surface area contributed by atoms with Crippen molar-refractivity contribution in [3.05, 3.63) is 23.4 Å². The molecule has 1 N–H and O–H groups in total. The summed E-state index contributed by atoms with van der Waals surface area (Å²) in [5.41, 5.74) is 3.32. The van der Waals surface area contributed by atoms with E-state index in [9.17, 15) is 0 Å². The van der Waals surface area contributed by atoms with Crippen LogP contribution in [0.25, 0.3) is 0 Å². The molecule has 0 fully saturated rings. The molecule has 1 heteroatoms. The van der Waals surface area contributed by atoms with Crippen LogP contribution in [0, 0.1) is 10.8 Å². The van der Waals surface area contributed by atoms with Gasteiger partial charge in [-0.05, 0) is 35.3 Å². The van der Waals surface area contributed by atoms with Crippen LogP contribution in [0.1, 0.15) is 61.3 Å². The van der Waals surface area contributed by atoms with Crippen LogP contribution in [0.3, 0.4) is 0 Å². The molecule has 0 rings (SSSR count). The summed E-state index contributed by atoms with van der Waals surface area (Å²) in [5, 5.41) is 3.22. The maximum atomic E-state index is 3.22. The third-order valence-corrected chi connectivity index (χ3v) is 3.28. The number of nitrogens with one attached hydrogen (secondary N) is 1. The minimum atomic E-state index is 0.197. The van der Waals surface area contributed by atoms with E-state index in [1.807, 2.05) is 7.05 Å². The van der Waals surface area contributed by atoms with E-state index in [0.29, 0.717) is 0 Å². The molecule has 1 nitrogen and oxygen atoms in total. The highest BCUT2D eigenvalue weighted by atomic mass is 14.8. The first-order valence-electron chi connectivity index (χ1n) is 6.75. The molecule has 0 aromatic heterocycles. The Labute approximate surface area is 108 Å². The van der Waals surface area contributed by atoms with Gasteiger partial charge in [0.2, 0.25) is 0 Å². The smallest absolute Gasteiger partial charge is 0.00278 e. The fourth-order valence-corrected chi connectivity index (χ4v) is 2.53. The Hall–Kier alpha value is -0.720. The van der Waals surface area contributed by atoms with E-state index < -0.39 is 0 Å². The zero-order valence-corrected chi connectivity index (χ0v) is 13.1. The van der Waals surface area contributed by atoms with Crippen LogP contribution in [0.15, 0.2) is 23.4 Å². The molecule has 0 aromatic rings. The van der Waals surface area contributed by atoms with Crippen LogP contribution >= 0.6 is 0 Å². The fraction of sp³-hybridized carbons (Fsp3) is 0.750. The molecule has 0 aliphatic carbocycles. The normalized spacial score (nSPS) is 15.1. The Morgan fingerprint density at radius 2 is 1.59 bits per heavy atom. The maximum Gasteiger partial charge on any atom is 0.00278 e. The van der Waals surface area contributed by atoms with Gasteiger partial charge in [0, 0.05) is 13.2 Å². The molecule has 0 amide bonds. The van der Waals surface area contributed by atoms with Gasteiger partial charge in [-0.3, -0.25) is 0 Å². The minimum Gasteiger partial charge on any atom is -0.394 e. The topological polar surface area (TPSA) is 12.0 Å². The van der Waals surface area contributed by atoms with Crippen molar-refractivity contribution in [2.24, 2.45) is 10.8 Å². The van der Waals surface area contributed by atoms with Crippen LogP contribution in [0.5, 0.6) is 0 Å². The van der Waals surface area contributed by atoms with Crippen LogP contribution in [-0.2, 0) is 0 Å². The lowest BCUT2D eigenvalue weighted by Crippen LogP contribution is -2.24. The summed E-state index contributed by atoms with van der Waals surface area (Å²) in [6.07, 6.45) is 6.87. The van der Waals surface area contributed by atoms with E-state index in [1.54, 1.807) is 0 Å². The monoisotopic (exact) mass is 237 g/mol. The summed E-state index contributed by atoms with van der Waals surface area (Å²) in [4.78, 5) is 0. The predicted molar refractivity (Wildman–Crippen MR) is 79.0 cm³/mol. The summed E-state index contributed by atoms with van der Waals surface area (Å²) < 4.78 is 0.